The molecule has 1 unspecified atom stereocenters. The maximum Gasteiger partial charge on any atom is 0.136 e. The van der Waals surface area contributed by atoms with Crippen LogP contribution in [0.2, 0.25) is 0 Å². The normalized spacial score (nSPS) is 16.4. The molecule has 0 bridgehead atoms. The van der Waals surface area contributed by atoms with Gasteiger partial charge in [-0.05, 0) is 57.8 Å². The first-order chi connectivity index (χ1) is 19.8. The number of fused-ring (bicyclic) bond motifs is 12. The van der Waals surface area contributed by atoms with Crippen LogP contribution in [-0.4, -0.2) is 10.4 Å². The highest BCUT2D eigenvalue weighted by Crippen LogP contribution is 2.49. The monoisotopic (exact) mass is 510 g/mol. The van der Waals surface area contributed by atoms with Crippen molar-refractivity contribution in [2.75, 3.05) is 5.32 Å². The molecule has 5 aromatic carbocycles. The van der Waals surface area contributed by atoms with Gasteiger partial charge in [-0.3, -0.25) is 4.40 Å². The van der Waals surface area contributed by atoms with Crippen LogP contribution in [0.4, 0.5) is 5.82 Å². The highest BCUT2D eigenvalue weighted by atomic mass is 16.3. The van der Waals surface area contributed by atoms with Gasteiger partial charge in [0.15, 0.2) is 0 Å². The fourth-order valence-electron chi connectivity index (χ4n) is 7.18. The van der Waals surface area contributed by atoms with Crippen LogP contribution in [0.3, 0.4) is 0 Å². The number of hydrogen-bond acceptors (Lipinski definition) is 2. The van der Waals surface area contributed by atoms with Gasteiger partial charge < -0.3 is 9.73 Å². The number of rotatable bonds is 1. The topological polar surface area (TPSA) is 29.6 Å². The van der Waals surface area contributed by atoms with Gasteiger partial charge in [0.2, 0.25) is 0 Å². The lowest BCUT2D eigenvalue weighted by atomic mass is 9.94. The fraction of sp³-hybridized carbons (Fsp3) is 0.0270. The van der Waals surface area contributed by atoms with E-state index in [9.17, 15) is 0 Å². The van der Waals surface area contributed by atoms with Gasteiger partial charge in [-0.2, -0.15) is 0 Å². The predicted octanol–water partition coefficient (Wildman–Crippen LogP) is 9.71. The third-order valence-corrected chi connectivity index (χ3v) is 8.91. The molecule has 3 aromatic heterocycles. The van der Waals surface area contributed by atoms with E-state index in [1.165, 1.54) is 65.6 Å². The summed E-state index contributed by atoms with van der Waals surface area (Å²) >= 11 is 0. The van der Waals surface area contributed by atoms with Crippen molar-refractivity contribution < 1.29 is 4.42 Å². The largest absolute Gasteiger partial charge is 0.456 e. The quantitative estimate of drug-likeness (QED) is 0.238. The van der Waals surface area contributed by atoms with Crippen LogP contribution in [0.5, 0.6) is 0 Å². The fourth-order valence-corrected chi connectivity index (χ4v) is 7.18. The Hall–Kier alpha value is -5.28. The molecule has 1 aliphatic carbocycles. The Morgan fingerprint density at radius 1 is 0.700 bits per heavy atom. The molecule has 40 heavy (non-hydrogen) atoms. The zero-order valence-electron chi connectivity index (χ0n) is 21.5. The first-order valence-corrected chi connectivity index (χ1v) is 13.8. The highest BCUT2D eigenvalue weighted by Gasteiger charge is 2.29. The Morgan fingerprint density at radius 2 is 1.57 bits per heavy atom. The number of nitrogens with zero attached hydrogens (tertiary/aromatic N) is 1. The second-order valence-corrected chi connectivity index (χ2v) is 11.0. The van der Waals surface area contributed by atoms with E-state index in [0.29, 0.717) is 0 Å². The summed E-state index contributed by atoms with van der Waals surface area (Å²) in [5.41, 5.74) is 9.33. The summed E-state index contributed by atoms with van der Waals surface area (Å²) in [6.07, 6.45) is 11.0. The number of para-hydroxylation sites is 1. The molecule has 0 radical (unpaired) electrons. The summed E-state index contributed by atoms with van der Waals surface area (Å²) in [4.78, 5) is 0. The molecule has 1 atom stereocenters. The molecular weight excluding hydrogens is 488 g/mol. The molecule has 0 spiro atoms. The Balaban J connectivity index is 1.40. The van der Waals surface area contributed by atoms with E-state index in [0.717, 1.165) is 22.4 Å². The van der Waals surface area contributed by atoms with Crippen LogP contribution < -0.4 is 5.32 Å². The van der Waals surface area contributed by atoms with Crippen molar-refractivity contribution in [2.45, 2.75) is 6.04 Å². The zero-order valence-corrected chi connectivity index (χ0v) is 21.5. The van der Waals surface area contributed by atoms with Crippen molar-refractivity contribution in [2.24, 2.45) is 0 Å². The highest BCUT2D eigenvalue weighted by molar-refractivity contribution is 6.33. The number of nitrogens with one attached hydrogen (secondary N) is 1. The third-order valence-electron chi connectivity index (χ3n) is 8.91. The Kier molecular flexibility index (Phi) is 3.73. The predicted molar refractivity (Wildman–Crippen MR) is 167 cm³/mol. The molecule has 1 N–H and O–H groups in total. The lowest BCUT2D eigenvalue weighted by Gasteiger charge is -2.24. The van der Waals surface area contributed by atoms with Gasteiger partial charge in [-0.25, -0.2) is 0 Å². The average Bonchev–Trinajstić information content (AvgIpc) is 3.65. The van der Waals surface area contributed by atoms with Gasteiger partial charge >= 0.3 is 0 Å². The summed E-state index contributed by atoms with van der Waals surface area (Å²) < 4.78 is 8.95. The second-order valence-electron chi connectivity index (χ2n) is 11.0. The van der Waals surface area contributed by atoms with Crippen molar-refractivity contribution in [3.63, 3.8) is 0 Å². The minimum Gasteiger partial charge on any atom is -0.456 e. The van der Waals surface area contributed by atoms with E-state index < -0.39 is 0 Å². The zero-order chi connectivity index (χ0) is 25.9. The molecule has 186 valence electrons. The van der Waals surface area contributed by atoms with Gasteiger partial charge in [0.05, 0.1) is 17.1 Å². The van der Waals surface area contributed by atoms with E-state index in [1.807, 2.05) is 0 Å². The lowest BCUT2D eigenvalue weighted by molar-refractivity contribution is 0.669. The molecule has 3 heteroatoms. The molecule has 0 saturated carbocycles. The standard InChI is InChI=1S/C37H22N2O/c1-3-11-24-21(8-1)10-7-13-25(24)22-16-17-31-29(18-22)35-34-26-12-4-6-15-32(26)40-33(34)20-27-28-19-23-9-2-5-14-30(23)38-37(28)39(31)36(27)35/h1-20,30,38H. The molecule has 3 nitrogen and oxygen atoms in total. The minimum atomic E-state index is 0.171. The molecule has 10 rings (SSSR count). The van der Waals surface area contributed by atoms with E-state index in [-0.39, 0.29) is 6.04 Å². The Bertz CT molecular complexity index is 2460. The lowest BCUT2D eigenvalue weighted by Crippen LogP contribution is -2.24. The van der Waals surface area contributed by atoms with Gasteiger partial charge in [-0.15, -0.1) is 0 Å². The summed E-state index contributed by atoms with van der Waals surface area (Å²) in [5, 5.41) is 12.5. The van der Waals surface area contributed by atoms with Crippen LogP contribution in [0.1, 0.15) is 5.56 Å². The number of benzene rings is 5. The number of aromatic nitrogens is 1. The molecule has 1 aliphatic heterocycles. The van der Waals surface area contributed by atoms with Gasteiger partial charge in [0, 0.05) is 32.5 Å². The Morgan fingerprint density at radius 3 is 2.55 bits per heavy atom. The Labute approximate surface area is 229 Å². The molecule has 8 aromatic rings. The summed E-state index contributed by atoms with van der Waals surface area (Å²) in [5.74, 6) is 1.15. The van der Waals surface area contributed by atoms with Crippen molar-refractivity contribution >= 4 is 71.8 Å². The smallest absolute Gasteiger partial charge is 0.136 e. The van der Waals surface area contributed by atoms with Crippen molar-refractivity contribution in [1.82, 2.24) is 4.40 Å². The molecule has 0 saturated heterocycles. The van der Waals surface area contributed by atoms with E-state index in [2.05, 4.69) is 131 Å². The number of allylic oxidation sites excluding steroid dienone is 2. The van der Waals surface area contributed by atoms with Crippen LogP contribution in [0, 0.1) is 0 Å². The van der Waals surface area contributed by atoms with Crippen molar-refractivity contribution in [1.29, 1.82) is 0 Å². The number of anilines is 1. The third kappa shape index (κ3) is 2.50. The van der Waals surface area contributed by atoms with E-state index in [1.54, 1.807) is 0 Å². The molecular formula is C37H22N2O. The second kappa shape index (κ2) is 7.22. The first-order valence-electron chi connectivity index (χ1n) is 13.8. The molecule has 2 aliphatic rings. The van der Waals surface area contributed by atoms with Crippen LogP contribution in [0.25, 0.3) is 77.1 Å². The summed E-state index contributed by atoms with van der Waals surface area (Å²) in [6.45, 7) is 0. The summed E-state index contributed by atoms with van der Waals surface area (Å²) in [6, 6.07) is 33.0. The molecule has 4 heterocycles. The van der Waals surface area contributed by atoms with Gasteiger partial charge in [0.1, 0.15) is 17.0 Å². The van der Waals surface area contributed by atoms with E-state index in [4.69, 9.17) is 4.42 Å². The number of furan rings is 1. The van der Waals surface area contributed by atoms with Crippen LogP contribution in [-0.2, 0) is 0 Å². The van der Waals surface area contributed by atoms with Crippen molar-refractivity contribution in [3.8, 4) is 11.1 Å². The number of hydrogen-bond donors (Lipinski definition) is 1. The van der Waals surface area contributed by atoms with Crippen molar-refractivity contribution in [3.05, 3.63) is 126 Å². The summed E-state index contributed by atoms with van der Waals surface area (Å²) in [7, 11) is 0. The molecule has 0 fully saturated rings. The average molecular weight is 511 g/mol. The SMILES string of the molecule is C1=CC2=Cc3c(n4c5ccc(-c6cccc7ccccc67)cc5c5c6c(cc3c54)oc3ccccc36)NC2C=C1. The first kappa shape index (κ1) is 20.7. The van der Waals surface area contributed by atoms with E-state index >= 15 is 0 Å². The maximum absolute atomic E-state index is 6.51. The van der Waals surface area contributed by atoms with Crippen LogP contribution >= 0.6 is 0 Å². The van der Waals surface area contributed by atoms with Gasteiger partial charge in [-0.1, -0.05) is 91.0 Å². The minimum absolute atomic E-state index is 0.171. The molecule has 0 amide bonds. The van der Waals surface area contributed by atoms with Gasteiger partial charge in [0.25, 0.3) is 0 Å². The maximum atomic E-state index is 6.51. The van der Waals surface area contributed by atoms with Crippen LogP contribution in [0.15, 0.2) is 125 Å².